The largest absolute Gasteiger partial charge is 0.309 e. The summed E-state index contributed by atoms with van der Waals surface area (Å²) in [5.41, 5.74) is 1.40. The molecule has 0 aliphatic carbocycles. The molecule has 0 aliphatic heterocycles. The first-order valence-electron chi connectivity index (χ1n) is 7.68. The molecule has 0 heterocycles. The first kappa shape index (κ1) is 16.2. The molecule has 1 unspecified atom stereocenters. The number of likely N-dealkylation sites (N-methyl/N-ethyl adjacent to an activating group) is 1. The van der Waals surface area contributed by atoms with Crippen LogP contribution in [0.2, 0.25) is 0 Å². The Labute approximate surface area is 119 Å². The average Bonchev–Trinajstić information content (AvgIpc) is 2.42. The third kappa shape index (κ3) is 6.22. The van der Waals surface area contributed by atoms with Crippen molar-refractivity contribution in [3.05, 3.63) is 35.9 Å². The number of rotatable bonds is 9. The number of nitrogens with one attached hydrogen (secondary N) is 1. The highest BCUT2D eigenvalue weighted by Crippen LogP contribution is 2.15. The van der Waals surface area contributed by atoms with Crippen LogP contribution in [-0.4, -0.2) is 31.1 Å². The van der Waals surface area contributed by atoms with Gasteiger partial charge in [-0.25, -0.2) is 0 Å². The fraction of sp³-hybridized carbons (Fsp3) is 0.647. The van der Waals surface area contributed by atoms with Crippen LogP contribution in [0.5, 0.6) is 0 Å². The second-order valence-corrected chi connectivity index (χ2v) is 5.66. The van der Waals surface area contributed by atoms with Crippen LogP contribution in [0.1, 0.15) is 45.7 Å². The van der Waals surface area contributed by atoms with Gasteiger partial charge < -0.3 is 10.2 Å². The molecule has 0 aromatic heterocycles. The Morgan fingerprint density at radius 2 is 1.74 bits per heavy atom. The van der Waals surface area contributed by atoms with Gasteiger partial charge in [-0.3, -0.25) is 0 Å². The number of nitrogens with zero attached hydrogens (tertiary/aromatic N) is 1. The number of benzene rings is 1. The molecule has 0 aliphatic rings. The monoisotopic (exact) mass is 262 g/mol. The van der Waals surface area contributed by atoms with Crippen LogP contribution >= 0.6 is 0 Å². The fourth-order valence-electron chi connectivity index (χ4n) is 2.40. The van der Waals surface area contributed by atoms with Gasteiger partial charge in [0.15, 0.2) is 0 Å². The molecule has 0 bridgehead atoms. The van der Waals surface area contributed by atoms with Crippen molar-refractivity contribution in [3.63, 3.8) is 0 Å². The predicted octanol–water partition coefficient (Wildman–Crippen LogP) is 3.71. The highest BCUT2D eigenvalue weighted by molar-refractivity contribution is 5.19. The summed E-state index contributed by atoms with van der Waals surface area (Å²) in [6.45, 7) is 13.5. The molecule has 1 atom stereocenters. The summed E-state index contributed by atoms with van der Waals surface area (Å²) in [6, 6.07) is 11.3. The summed E-state index contributed by atoms with van der Waals surface area (Å²) in [6.07, 6.45) is 1.18. The highest BCUT2D eigenvalue weighted by Gasteiger charge is 2.15. The Balaban J connectivity index is 2.68. The lowest BCUT2D eigenvalue weighted by molar-refractivity contribution is 0.228. The zero-order valence-corrected chi connectivity index (χ0v) is 13.0. The lowest BCUT2D eigenvalue weighted by Crippen LogP contribution is -2.37. The normalized spacial score (nSPS) is 13.2. The molecule has 0 radical (unpaired) electrons. The number of hydrogen-bond donors (Lipinski definition) is 1. The molecule has 1 N–H and O–H groups in total. The van der Waals surface area contributed by atoms with Crippen molar-refractivity contribution in [3.8, 4) is 0 Å². The molecule has 2 nitrogen and oxygen atoms in total. The summed E-state index contributed by atoms with van der Waals surface area (Å²) in [7, 11) is 0. The Morgan fingerprint density at radius 3 is 2.26 bits per heavy atom. The summed E-state index contributed by atoms with van der Waals surface area (Å²) in [5, 5.41) is 3.68. The second kappa shape index (κ2) is 9.11. The SMILES string of the molecule is CCCNC(CN(CC)CC(C)C)c1ccccc1. The zero-order valence-electron chi connectivity index (χ0n) is 13.0. The molecule has 0 amide bonds. The standard InChI is InChI=1S/C17H30N2/c1-5-12-18-17(16-10-8-7-9-11-16)14-19(6-2)13-15(3)4/h7-11,15,17-18H,5-6,12-14H2,1-4H3. The maximum absolute atomic E-state index is 3.68. The fourth-order valence-corrected chi connectivity index (χ4v) is 2.40. The van der Waals surface area contributed by atoms with Gasteiger partial charge in [-0.05, 0) is 31.0 Å². The summed E-state index contributed by atoms with van der Waals surface area (Å²) < 4.78 is 0. The molecule has 0 saturated heterocycles. The molecular formula is C17H30N2. The van der Waals surface area contributed by atoms with Crippen molar-refractivity contribution in [1.82, 2.24) is 10.2 Å². The molecule has 0 spiro atoms. The van der Waals surface area contributed by atoms with Gasteiger partial charge >= 0.3 is 0 Å². The Bertz CT molecular complexity index is 321. The van der Waals surface area contributed by atoms with Crippen LogP contribution < -0.4 is 5.32 Å². The molecule has 2 heteroatoms. The Hall–Kier alpha value is -0.860. The Kier molecular flexibility index (Phi) is 7.76. The van der Waals surface area contributed by atoms with Gasteiger partial charge in [-0.15, -0.1) is 0 Å². The van der Waals surface area contributed by atoms with E-state index in [0.29, 0.717) is 6.04 Å². The van der Waals surface area contributed by atoms with Crippen molar-refractivity contribution in [1.29, 1.82) is 0 Å². The molecule has 0 saturated carbocycles. The average molecular weight is 262 g/mol. The van der Waals surface area contributed by atoms with Gasteiger partial charge in [0.05, 0.1) is 0 Å². The van der Waals surface area contributed by atoms with E-state index in [1.54, 1.807) is 0 Å². The van der Waals surface area contributed by atoms with E-state index >= 15 is 0 Å². The van der Waals surface area contributed by atoms with E-state index < -0.39 is 0 Å². The van der Waals surface area contributed by atoms with Crippen LogP contribution in [0.4, 0.5) is 0 Å². The molecule has 19 heavy (non-hydrogen) atoms. The van der Waals surface area contributed by atoms with Gasteiger partial charge in [-0.1, -0.05) is 58.0 Å². The highest BCUT2D eigenvalue weighted by atomic mass is 15.1. The van der Waals surface area contributed by atoms with E-state index in [-0.39, 0.29) is 0 Å². The molecule has 108 valence electrons. The quantitative estimate of drug-likeness (QED) is 0.730. The first-order chi connectivity index (χ1) is 9.17. The molecule has 1 aromatic rings. The number of hydrogen-bond acceptors (Lipinski definition) is 2. The van der Waals surface area contributed by atoms with E-state index in [1.807, 2.05) is 0 Å². The third-order valence-electron chi connectivity index (χ3n) is 3.35. The van der Waals surface area contributed by atoms with Crippen LogP contribution in [-0.2, 0) is 0 Å². The van der Waals surface area contributed by atoms with Gasteiger partial charge in [0.2, 0.25) is 0 Å². The van der Waals surface area contributed by atoms with Gasteiger partial charge in [0, 0.05) is 19.1 Å². The minimum absolute atomic E-state index is 0.444. The van der Waals surface area contributed by atoms with Crippen LogP contribution in [0.25, 0.3) is 0 Å². The molecule has 1 rings (SSSR count). The van der Waals surface area contributed by atoms with Gasteiger partial charge in [0.25, 0.3) is 0 Å². The molecule has 0 fully saturated rings. The maximum Gasteiger partial charge on any atom is 0.0449 e. The van der Waals surface area contributed by atoms with Crippen molar-refractivity contribution < 1.29 is 0 Å². The molecular weight excluding hydrogens is 232 g/mol. The summed E-state index contributed by atoms with van der Waals surface area (Å²) in [5.74, 6) is 0.725. The van der Waals surface area contributed by atoms with Crippen LogP contribution in [0.3, 0.4) is 0 Å². The van der Waals surface area contributed by atoms with Crippen molar-refractivity contribution >= 4 is 0 Å². The van der Waals surface area contributed by atoms with Gasteiger partial charge in [0.1, 0.15) is 0 Å². The zero-order chi connectivity index (χ0) is 14.1. The third-order valence-corrected chi connectivity index (χ3v) is 3.35. The van der Waals surface area contributed by atoms with Crippen molar-refractivity contribution in [2.45, 2.75) is 40.2 Å². The smallest absolute Gasteiger partial charge is 0.0449 e. The van der Waals surface area contributed by atoms with Crippen LogP contribution in [0.15, 0.2) is 30.3 Å². The molecule has 1 aromatic carbocycles. The second-order valence-electron chi connectivity index (χ2n) is 5.66. The maximum atomic E-state index is 3.68. The van der Waals surface area contributed by atoms with E-state index in [9.17, 15) is 0 Å². The van der Waals surface area contributed by atoms with E-state index in [4.69, 9.17) is 0 Å². The lowest BCUT2D eigenvalue weighted by atomic mass is 10.1. The van der Waals surface area contributed by atoms with Crippen molar-refractivity contribution in [2.24, 2.45) is 5.92 Å². The Morgan fingerprint density at radius 1 is 1.05 bits per heavy atom. The first-order valence-corrected chi connectivity index (χ1v) is 7.68. The minimum Gasteiger partial charge on any atom is -0.309 e. The van der Waals surface area contributed by atoms with Gasteiger partial charge in [-0.2, -0.15) is 0 Å². The van der Waals surface area contributed by atoms with Crippen LogP contribution in [0, 0.1) is 5.92 Å². The minimum atomic E-state index is 0.444. The van der Waals surface area contributed by atoms with E-state index in [1.165, 1.54) is 18.5 Å². The predicted molar refractivity (Wildman–Crippen MR) is 84.4 cm³/mol. The van der Waals surface area contributed by atoms with E-state index in [2.05, 4.69) is 68.2 Å². The summed E-state index contributed by atoms with van der Waals surface area (Å²) >= 11 is 0. The van der Waals surface area contributed by atoms with Crippen molar-refractivity contribution in [2.75, 3.05) is 26.2 Å². The van der Waals surface area contributed by atoms with E-state index in [0.717, 1.165) is 25.6 Å². The summed E-state index contributed by atoms with van der Waals surface area (Å²) in [4.78, 5) is 2.55. The lowest BCUT2D eigenvalue weighted by Gasteiger charge is -2.28. The topological polar surface area (TPSA) is 15.3 Å².